The van der Waals surface area contributed by atoms with E-state index in [0.717, 1.165) is 13.1 Å². The summed E-state index contributed by atoms with van der Waals surface area (Å²) in [5.74, 6) is -0.699. The molecule has 1 aliphatic rings. The van der Waals surface area contributed by atoms with Crippen molar-refractivity contribution in [1.82, 2.24) is 5.32 Å². The average molecular weight is 368 g/mol. The van der Waals surface area contributed by atoms with Crippen LogP contribution < -0.4 is 10.2 Å². The molecular formula is C18H21ClFN2OS+. The summed E-state index contributed by atoms with van der Waals surface area (Å²) < 4.78 is 13.2. The number of thiophene rings is 1. The number of hydrogen-bond donors (Lipinski definition) is 2. The van der Waals surface area contributed by atoms with Gasteiger partial charge in [0.15, 0.2) is 0 Å². The van der Waals surface area contributed by atoms with Crippen molar-refractivity contribution in [2.45, 2.75) is 31.8 Å². The molecule has 3 rings (SSSR count). The molecule has 1 fully saturated rings. The highest BCUT2D eigenvalue weighted by Gasteiger charge is 2.34. The first-order valence-corrected chi connectivity index (χ1v) is 9.46. The van der Waals surface area contributed by atoms with E-state index in [1.807, 2.05) is 13.0 Å². The van der Waals surface area contributed by atoms with Crippen LogP contribution in [0.4, 0.5) is 4.39 Å². The number of halogens is 2. The number of rotatable bonds is 5. The molecule has 6 heteroatoms. The van der Waals surface area contributed by atoms with Gasteiger partial charge in [-0.2, -0.15) is 0 Å². The Balaban J connectivity index is 1.77. The molecule has 2 aromatic rings. The van der Waals surface area contributed by atoms with Gasteiger partial charge in [-0.25, -0.2) is 4.39 Å². The molecule has 0 spiro atoms. The fourth-order valence-electron chi connectivity index (χ4n) is 3.45. The Hall–Kier alpha value is -1.43. The third kappa shape index (κ3) is 3.79. The van der Waals surface area contributed by atoms with Crippen LogP contribution >= 0.6 is 22.9 Å². The van der Waals surface area contributed by atoms with Gasteiger partial charge in [-0.05, 0) is 36.6 Å². The highest BCUT2D eigenvalue weighted by atomic mass is 35.5. The number of hydrogen-bond acceptors (Lipinski definition) is 2. The van der Waals surface area contributed by atoms with Crippen molar-refractivity contribution in [2.24, 2.45) is 0 Å². The summed E-state index contributed by atoms with van der Waals surface area (Å²) in [4.78, 5) is 15.3. The molecule has 1 aromatic carbocycles. The van der Waals surface area contributed by atoms with Crippen LogP contribution in [0.2, 0.25) is 5.02 Å². The summed E-state index contributed by atoms with van der Waals surface area (Å²) in [6, 6.07) is 8.24. The van der Waals surface area contributed by atoms with Gasteiger partial charge in [0.05, 0.1) is 34.6 Å². The Kier molecular flexibility index (Phi) is 5.54. The summed E-state index contributed by atoms with van der Waals surface area (Å²) in [5, 5.41) is 5.27. The number of likely N-dealkylation sites (tertiary alicyclic amines) is 1. The molecule has 0 aliphatic carbocycles. The molecule has 1 saturated heterocycles. The van der Waals surface area contributed by atoms with Crippen molar-refractivity contribution in [3.63, 3.8) is 0 Å². The third-order valence-corrected chi connectivity index (χ3v) is 5.84. The minimum absolute atomic E-state index is 0.0367. The highest BCUT2D eigenvalue weighted by molar-refractivity contribution is 7.10. The maximum atomic E-state index is 13.2. The lowest BCUT2D eigenvalue weighted by Gasteiger charge is -2.29. The van der Waals surface area contributed by atoms with Crippen LogP contribution in [0.15, 0.2) is 35.7 Å². The number of carbonyl (C=O) groups is 1. The van der Waals surface area contributed by atoms with E-state index in [9.17, 15) is 9.18 Å². The first-order valence-electron chi connectivity index (χ1n) is 8.20. The lowest BCUT2D eigenvalue weighted by molar-refractivity contribution is -0.920. The van der Waals surface area contributed by atoms with Crippen LogP contribution in [-0.4, -0.2) is 25.0 Å². The van der Waals surface area contributed by atoms with Crippen molar-refractivity contribution < 1.29 is 14.1 Å². The van der Waals surface area contributed by atoms with Gasteiger partial charge in [-0.3, -0.25) is 4.79 Å². The zero-order valence-corrected chi connectivity index (χ0v) is 15.1. The maximum absolute atomic E-state index is 13.2. The fraction of sp³-hybridized carbons (Fsp3) is 0.389. The molecule has 24 heavy (non-hydrogen) atoms. The molecule has 3 nitrogen and oxygen atoms in total. The molecule has 0 saturated carbocycles. The van der Waals surface area contributed by atoms with E-state index in [2.05, 4.69) is 16.8 Å². The van der Waals surface area contributed by atoms with Gasteiger partial charge in [0, 0.05) is 12.8 Å². The summed E-state index contributed by atoms with van der Waals surface area (Å²) in [5.41, 5.74) is 0.311. The maximum Gasteiger partial charge on any atom is 0.253 e. The van der Waals surface area contributed by atoms with E-state index in [1.54, 1.807) is 11.3 Å². The Morgan fingerprint density at radius 2 is 2.08 bits per heavy atom. The van der Waals surface area contributed by atoms with Gasteiger partial charge in [0.25, 0.3) is 5.91 Å². The topological polar surface area (TPSA) is 33.5 Å². The van der Waals surface area contributed by atoms with Gasteiger partial charge in [-0.15, -0.1) is 11.3 Å². The third-order valence-electron chi connectivity index (χ3n) is 4.57. The van der Waals surface area contributed by atoms with Crippen molar-refractivity contribution in [2.75, 3.05) is 13.1 Å². The van der Waals surface area contributed by atoms with E-state index in [1.165, 1.54) is 40.8 Å². The number of quaternary nitrogens is 1. The molecular weight excluding hydrogens is 347 g/mol. The number of benzene rings is 1. The second kappa shape index (κ2) is 7.64. The molecule has 0 unspecified atom stereocenters. The second-order valence-electron chi connectivity index (χ2n) is 6.24. The van der Waals surface area contributed by atoms with E-state index < -0.39 is 5.82 Å². The van der Waals surface area contributed by atoms with E-state index in [4.69, 9.17) is 11.6 Å². The number of nitrogens with one attached hydrogen (secondary N) is 2. The Morgan fingerprint density at radius 3 is 2.71 bits per heavy atom. The molecule has 1 aromatic heterocycles. The van der Waals surface area contributed by atoms with Crippen LogP contribution in [-0.2, 0) is 0 Å². The SMILES string of the molecule is C[C@@H](NC(=O)c1ccc(F)cc1Cl)[C@@H](c1cccs1)[NH+]1CCCC1. The lowest BCUT2D eigenvalue weighted by atomic mass is 10.1. The zero-order chi connectivity index (χ0) is 17.1. The molecule has 2 heterocycles. The standard InChI is InChI=1S/C18H20ClFN2OS/c1-12(21-18(23)14-7-6-13(20)11-15(14)19)17(16-5-4-10-24-16)22-8-2-3-9-22/h4-7,10-12,17H,2-3,8-9H2,1H3,(H,21,23)/p+1/t12-,17+/m1/s1. The van der Waals surface area contributed by atoms with Gasteiger partial charge >= 0.3 is 0 Å². The van der Waals surface area contributed by atoms with Gasteiger partial charge < -0.3 is 10.2 Å². The Labute approximate surface area is 150 Å². The summed E-state index contributed by atoms with van der Waals surface area (Å²) in [6.45, 7) is 4.28. The van der Waals surface area contributed by atoms with E-state index in [0.29, 0.717) is 5.56 Å². The predicted molar refractivity (Wildman–Crippen MR) is 95.3 cm³/mol. The fourth-order valence-corrected chi connectivity index (χ4v) is 4.69. The normalized spacial score (nSPS) is 17.6. The first-order chi connectivity index (χ1) is 11.6. The molecule has 0 bridgehead atoms. The molecule has 128 valence electrons. The summed E-state index contributed by atoms with van der Waals surface area (Å²) >= 11 is 7.74. The molecule has 1 amide bonds. The predicted octanol–water partition coefficient (Wildman–Crippen LogP) is 3.08. The summed E-state index contributed by atoms with van der Waals surface area (Å²) in [7, 11) is 0. The van der Waals surface area contributed by atoms with E-state index in [-0.39, 0.29) is 23.0 Å². The van der Waals surface area contributed by atoms with E-state index >= 15 is 0 Å². The smallest absolute Gasteiger partial charge is 0.253 e. The summed E-state index contributed by atoms with van der Waals surface area (Å²) in [6.07, 6.45) is 2.45. The first kappa shape index (κ1) is 17.4. The van der Waals surface area contributed by atoms with Gasteiger partial charge in [-0.1, -0.05) is 17.7 Å². The molecule has 2 N–H and O–H groups in total. The molecule has 1 aliphatic heterocycles. The van der Waals surface area contributed by atoms with Crippen LogP contribution in [0.25, 0.3) is 0 Å². The van der Waals surface area contributed by atoms with Crippen LogP contribution in [0.5, 0.6) is 0 Å². The van der Waals surface area contributed by atoms with Gasteiger partial charge in [0.1, 0.15) is 11.9 Å². The minimum atomic E-state index is -0.442. The van der Waals surface area contributed by atoms with Crippen LogP contribution in [0.1, 0.15) is 41.0 Å². The zero-order valence-electron chi connectivity index (χ0n) is 13.5. The number of carbonyl (C=O) groups excluding carboxylic acids is 1. The Morgan fingerprint density at radius 1 is 1.33 bits per heavy atom. The van der Waals surface area contributed by atoms with Crippen molar-refractivity contribution in [3.8, 4) is 0 Å². The average Bonchev–Trinajstić information content (AvgIpc) is 3.21. The number of amides is 1. The lowest BCUT2D eigenvalue weighted by Crippen LogP contribution is -3.11. The van der Waals surface area contributed by atoms with Crippen LogP contribution in [0.3, 0.4) is 0 Å². The van der Waals surface area contributed by atoms with Crippen molar-refractivity contribution >= 4 is 28.8 Å². The van der Waals surface area contributed by atoms with Gasteiger partial charge in [0.2, 0.25) is 0 Å². The highest BCUT2D eigenvalue weighted by Crippen LogP contribution is 2.22. The van der Waals surface area contributed by atoms with Crippen molar-refractivity contribution in [3.05, 3.63) is 57.0 Å². The second-order valence-corrected chi connectivity index (χ2v) is 7.63. The quantitative estimate of drug-likeness (QED) is 0.836. The van der Waals surface area contributed by atoms with Crippen LogP contribution in [0, 0.1) is 5.82 Å². The molecule has 2 atom stereocenters. The minimum Gasteiger partial charge on any atom is -0.343 e. The monoisotopic (exact) mass is 367 g/mol. The Bertz CT molecular complexity index is 701. The largest absolute Gasteiger partial charge is 0.343 e. The molecule has 0 radical (unpaired) electrons. The van der Waals surface area contributed by atoms with Crippen molar-refractivity contribution in [1.29, 1.82) is 0 Å².